The predicted octanol–water partition coefficient (Wildman–Crippen LogP) is 1.44. The summed E-state index contributed by atoms with van der Waals surface area (Å²) in [4.78, 5) is 31.6. The maximum absolute atomic E-state index is 11.0. The molecule has 0 aliphatic heterocycles. The van der Waals surface area contributed by atoms with E-state index in [1.807, 2.05) is 0 Å². The van der Waals surface area contributed by atoms with Crippen LogP contribution in [0.15, 0.2) is 24.3 Å². The molecule has 0 heterocycles. The highest BCUT2D eigenvalue weighted by Gasteiger charge is 2.13. The molecule has 1 rings (SSSR count). The maximum Gasteiger partial charge on any atom is 0.336 e. The zero-order valence-corrected chi connectivity index (χ0v) is 10.1. The lowest BCUT2D eigenvalue weighted by atomic mass is 10.1. The third-order valence-corrected chi connectivity index (χ3v) is 2.24. The molecule has 0 unspecified atom stereocenters. The van der Waals surface area contributed by atoms with Crippen molar-refractivity contribution in [2.24, 2.45) is 0 Å². The van der Waals surface area contributed by atoms with Crippen molar-refractivity contribution in [3.05, 3.63) is 45.5 Å². The van der Waals surface area contributed by atoms with Crippen molar-refractivity contribution < 1.29 is 19.6 Å². The molecule has 7 heteroatoms. The van der Waals surface area contributed by atoms with E-state index in [9.17, 15) is 19.7 Å². The van der Waals surface area contributed by atoms with Gasteiger partial charge in [-0.05, 0) is 11.6 Å². The number of carboxylic acid groups (broad SMARTS) is 1. The van der Waals surface area contributed by atoms with Crippen LogP contribution in [0.3, 0.4) is 0 Å². The minimum absolute atomic E-state index is 0.0373. The molecule has 0 bridgehead atoms. The number of aromatic carboxylic acids is 1. The van der Waals surface area contributed by atoms with E-state index in [-0.39, 0.29) is 29.3 Å². The van der Waals surface area contributed by atoms with E-state index in [1.165, 1.54) is 31.2 Å². The Morgan fingerprint density at radius 2 is 2.16 bits per heavy atom. The lowest BCUT2D eigenvalue weighted by Crippen LogP contribution is -2.19. The molecule has 0 spiro atoms. The summed E-state index contributed by atoms with van der Waals surface area (Å²) in [6.45, 7) is 1.57. The molecule has 0 aliphatic carbocycles. The number of hydrogen-bond donors (Lipinski definition) is 2. The Bertz CT molecular complexity index is 551. The molecule has 7 nitrogen and oxygen atoms in total. The molecule has 0 radical (unpaired) electrons. The highest BCUT2D eigenvalue weighted by atomic mass is 16.6. The van der Waals surface area contributed by atoms with Crippen molar-refractivity contribution >= 4 is 23.6 Å². The van der Waals surface area contributed by atoms with Gasteiger partial charge in [0.25, 0.3) is 5.69 Å². The first kappa shape index (κ1) is 14.4. The van der Waals surface area contributed by atoms with Crippen molar-refractivity contribution in [1.82, 2.24) is 5.32 Å². The number of nitrogens with one attached hydrogen (secondary N) is 1. The van der Waals surface area contributed by atoms with Crippen LogP contribution in [-0.2, 0) is 4.79 Å². The molecule has 19 heavy (non-hydrogen) atoms. The number of carbonyl (C=O) groups is 2. The van der Waals surface area contributed by atoms with Crippen molar-refractivity contribution in [3.8, 4) is 0 Å². The van der Waals surface area contributed by atoms with Gasteiger partial charge in [-0.2, -0.15) is 0 Å². The highest BCUT2D eigenvalue weighted by molar-refractivity contribution is 5.92. The Hall–Kier alpha value is -2.70. The Morgan fingerprint density at radius 1 is 1.47 bits per heavy atom. The lowest BCUT2D eigenvalue weighted by molar-refractivity contribution is -0.384. The van der Waals surface area contributed by atoms with Crippen LogP contribution in [0.1, 0.15) is 22.8 Å². The van der Waals surface area contributed by atoms with E-state index < -0.39 is 10.9 Å². The lowest BCUT2D eigenvalue weighted by Gasteiger charge is -2.01. The fourth-order valence-electron chi connectivity index (χ4n) is 1.38. The van der Waals surface area contributed by atoms with Crippen molar-refractivity contribution in [1.29, 1.82) is 0 Å². The molecule has 1 aromatic rings. The number of non-ortho nitro benzene ring substituents is 1. The molecule has 0 atom stereocenters. The third-order valence-electron chi connectivity index (χ3n) is 2.24. The summed E-state index contributed by atoms with van der Waals surface area (Å²) in [7, 11) is 0. The van der Waals surface area contributed by atoms with Gasteiger partial charge >= 0.3 is 5.97 Å². The largest absolute Gasteiger partial charge is 0.478 e. The zero-order chi connectivity index (χ0) is 14.4. The van der Waals surface area contributed by atoms with Crippen molar-refractivity contribution in [2.75, 3.05) is 6.54 Å². The topological polar surface area (TPSA) is 110 Å². The molecule has 1 aromatic carbocycles. The van der Waals surface area contributed by atoms with E-state index in [0.29, 0.717) is 0 Å². The van der Waals surface area contributed by atoms with Gasteiger partial charge < -0.3 is 10.4 Å². The fraction of sp³-hybridized carbons (Fsp3) is 0.167. The molecule has 1 amide bonds. The average Bonchev–Trinajstić information content (AvgIpc) is 2.33. The number of nitro groups is 1. The van der Waals surface area contributed by atoms with Crippen LogP contribution < -0.4 is 5.32 Å². The molecule has 0 aliphatic rings. The number of benzene rings is 1. The number of hydrogen-bond acceptors (Lipinski definition) is 4. The summed E-state index contributed by atoms with van der Waals surface area (Å²) in [6.07, 6.45) is 2.94. The number of nitro benzene ring substituents is 1. The van der Waals surface area contributed by atoms with Gasteiger partial charge in [0.2, 0.25) is 5.91 Å². The summed E-state index contributed by atoms with van der Waals surface area (Å²) >= 11 is 0. The highest BCUT2D eigenvalue weighted by Crippen LogP contribution is 2.19. The van der Waals surface area contributed by atoms with Crippen LogP contribution in [0.5, 0.6) is 0 Å². The van der Waals surface area contributed by atoms with Crippen molar-refractivity contribution in [2.45, 2.75) is 6.92 Å². The van der Waals surface area contributed by atoms with Gasteiger partial charge in [-0.25, -0.2) is 4.79 Å². The van der Waals surface area contributed by atoms with E-state index in [4.69, 9.17) is 5.11 Å². The summed E-state index contributed by atoms with van der Waals surface area (Å²) in [6, 6.07) is 3.49. The van der Waals surface area contributed by atoms with Gasteiger partial charge in [-0.3, -0.25) is 14.9 Å². The second-order valence-electron chi connectivity index (χ2n) is 3.67. The quantitative estimate of drug-likeness (QED) is 0.617. The first-order chi connectivity index (χ1) is 8.91. The minimum atomic E-state index is -1.17. The van der Waals surface area contributed by atoms with Crippen LogP contribution in [-0.4, -0.2) is 28.5 Å². The summed E-state index contributed by atoms with van der Waals surface area (Å²) in [5, 5.41) is 22.1. The molecular weight excluding hydrogens is 252 g/mol. The van der Waals surface area contributed by atoms with E-state index in [0.717, 1.165) is 6.07 Å². The van der Waals surface area contributed by atoms with Crippen LogP contribution in [0, 0.1) is 10.1 Å². The third kappa shape index (κ3) is 4.23. The minimum Gasteiger partial charge on any atom is -0.478 e. The molecule has 0 fully saturated rings. The summed E-state index contributed by atoms with van der Waals surface area (Å²) in [5.41, 5.74) is -0.0131. The Kier molecular flexibility index (Phi) is 4.76. The second kappa shape index (κ2) is 6.29. The van der Waals surface area contributed by atoms with Gasteiger partial charge in [-0.15, -0.1) is 0 Å². The molecule has 100 valence electrons. The van der Waals surface area contributed by atoms with Crippen LogP contribution in [0.2, 0.25) is 0 Å². The Balaban J connectivity index is 3.00. The molecule has 0 saturated carbocycles. The Labute approximate surface area is 108 Å². The number of carbonyl (C=O) groups excluding carboxylic acids is 1. The number of carboxylic acids is 1. The Morgan fingerprint density at radius 3 is 2.68 bits per heavy atom. The van der Waals surface area contributed by atoms with Crippen LogP contribution in [0.25, 0.3) is 6.08 Å². The standard InChI is InChI=1S/C12H12N2O5/c1-8(15)13-6-2-3-9-7-10(14(18)19)4-5-11(9)12(16)17/h2-5,7H,6H2,1H3,(H,13,15)(H,16,17). The smallest absolute Gasteiger partial charge is 0.336 e. The number of rotatable bonds is 5. The summed E-state index contributed by atoms with van der Waals surface area (Å²) in [5.74, 6) is -1.39. The molecular formula is C12H12N2O5. The van der Waals surface area contributed by atoms with E-state index >= 15 is 0 Å². The fourth-order valence-corrected chi connectivity index (χ4v) is 1.38. The van der Waals surface area contributed by atoms with Gasteiger partial charge in [0.15, 0.2) is 0 Å². The van der Waals surface area contributed by atoms with E-state index in [1.54, 1.807) is 0 Å². The summed E-state index contributed by atoms with van der Waals surface area (Å²) < 4.78 is 0. The van der Waals surface area contributed by atoms with Gasteiger partial charge in [0.1, 0.15) is 0 Å². The predicted molar refractivity (Wildman–Crippen MR) is 67.8 cm³/mol. The van der Waals surface area contributed by atoms with Gasteiger partial charge in [0, 0.05) is 25.6 Å². The molecule has 2 N–H and O–H groups in total. The van der Waals surface area contributed by atoms with Gasteiger partial charge in [-0.1, -0.05) is 12.2 Å². The van der Waals surface area contributed by atoms with Gasteiger partial charge in [0.05, 0.1) is 10.5 Å². The average molecular weight is 264 g/mol. The van der Waals surface area contributed by atoms with Crippen molar-refractivity contribution in [3.63, 3.8) is 0 Å². The second-order valence-corrected chi connectivity index (χ2v) is 3.67. The number of amides is 1. The maximum atomic E-state index is 11.0. The monoisotopic (exact) mass is 264 g/mol. The van der Waals surface area contributed by atoms with Crippen LogP contribution >= 0.6 is 0 Å². The molecule has 0 aromatic heterocycles. The SMILES string of the molecule is CC(=O)NCC=Cc1cc([N+](=O)[O-])ccc1C(=O)O. The van der Waals surface area contributed by atoms with E-state index in [2.05, 4.69) is 5.32 Å². The first-order valence-corrected chi connectivity index (χ1v) is 5.34. The number of nitrogens with zero attached hydrogens (tertiary/aromatic N) is 1. The van der Waals surface area contributed by atoms with Crippen LogP contribution in [0.4, 0.5) is 5.69 Å². The normalized spacial score (nSPS) is 10.4. The first-order valence-electron chi connectivity index (χ1n) is 5.34. The molecule has 0 saturated heterocycles. The zero-order valence-electron chi connectivity index (χ0n) is 10.1.